The van der Waals surface area contributed by atoms with Crippen molar-refractivity contribution < 1.29 is 19.2 Å². The molecule has 0 radical (unpaired) electrons. The summed E-state index contributed by atoms with van der Waals surface area (Å²) in [6.07, 6.45) is 1.22. The molecule has 2 aromatic rings. The van der Waals surface area contributed by atoms with Crippen molar-refractivity contribution in [2.75, 3.05) is 11.9 Å². The smallest absolute Gasteiger partial charge is 0.262 e. The quantitative estimate of drug-likeness (QED) is 0.647. The SMILES string of the molecule is O=C1CCC(N2C(=O)c3cccc(CNc4ccc5c(c4)CCNC5)c3C2=O)C(=O)N1. The number of nitrogens with zero attached hydrogens (tertiary/aromatic N) is 1. The molecule has 2 aromatic carbocycles. The maximum absolute atomic E-state index is 13.2. The number of hydrogen-bond donors (Lipinski definition) is 3. The van der Waals surface area contributed by atoms with Gasteiger partial charge in [-0.25, -0.2) is 0 Å². The van der Waals surface area contributed by atoms with Crippen LogP contribution in [-0.4, -0.2) is 41.1 Å². The van der Waals surface area contributed by atoms with Crippen LogP contribution in [0.1, 0.15) is 50.2 Å². The molecule has 8 heteroatoms. The molecule has 3 aliphatic heterocycles. The fourth-order valence-electron chi connectivity index (χ4n) is 4.52. The van der Waals surface area contributed by atoms with Crippen LogP contribution in [0.4, 0.5) is 5.69 Å². The van der Waals surface area contributed by atoms with E-state index < -0.39 is 23.8 Å². The Hall–Kier alpha value is -3.52. The lowest BCUT2D eigenvalue weighted by Crippen LogP contribution is -2.54. The second kappa shape index (κ2) is 7.63. The van der Waals surface area contributed by atoms with Gasteiger partial charge in [-0.15, -0.1) is 0 Å². The molecule has 158 valence electrons. The van der Waals surface area contributed by atoms with E-state index in [1.54, 1.807) is 12.1 Å². The molecule has 3 heterocycles. The molecule has 31 heavy (non-hydrogen) atoms. The van der Waals surface area contributed by atoms with Crippen LogP contribution in [0.25, 0.3) is 0 Å². The Kier molecular flexibility index (Phi) is 4.78. The third-order valence-electron chi connectivity index (χ3n) is 6.13. The molecule has 3 N–H and O–H groups in total. The van der Waals surface area contributed by atoms with Gasteiger partial charge < -0.3 is 10.6 Å². The highest BCUT2D eigenvalue weighted by molar-refractivity contribution is 6.24. The summed E-state index contributed by atoms with van der Waals surface area (Å²) in [5, 5.41) is 8.93. The van der Waals surface area contributed by atoms with Crippen molar-refractivity contribution in [3.05, 3.63) is 64.2 Å². The van der Waals surface area contributed by atoms with E-state index in [4.69, 9.17) is 0 Å². The zero-order valence-electron chi connectivity index (χ0n) is 16.9. The van der Waals surface area contributed by atoms with E-state index in [0.29, 0.717) is 23.2 Å². The molecule has 0 spiro atoms. The lowest BCUT2D eigenvalue weighted by atomic mass is 10.00. The predicted molar refractivity (Wildman–Crippen MR) is 112 cm³/mol. The molecular formula is C23H22N4O4. The molecule has 0 aromatic heterocycles. The minimum atomic E-state index is -0.958. The number of hydrogen-bond acceptors (Lipinski definition) is 6. The van der Waals surface area contributed by atoms with E-state index in [1.165, 1.54) is 11.1 Å². The number of piperidine rings is 1. The van der Waals surface area contributed by atoms with Crippen LogP contribution in [0.5, 0.6) is 0 Å². The van der Waals surface area contributed by atoms with Gasteiger partial charge in [0.1, 0.15) is 6.04 Å². The van der Waals surface area contributed by atoms with Crippen LogP contribution in [-0.2, 0) is 29.1 Å². The Morgan fingerprint density at radius 2 is 1.87 bits per heavy atom. The van der Waals surface area contributed by atoms with Gasteiger partial charge in [-0.2, -0.15) is 0 Å². The number of amides is 4. The van der Waals surface area contributed by atoms with Crippen molar-refractivity contribution >= 4 is 29.3 Å². The van der Waals surface area contributed by atoms with Gasteiger partial charge in [-0.05, 0) is 54.3 Å². The summed E-state index contributed by atoms with van der Waals surface area (Å²) in [7, 11) is 0. The summed E-state index contributed by atoms with van der Waals surface area (Å²) >= 11 is 0. The van der Waals surface area contributed by atoms with Crippen molar-refractivity contribution in [3.8, 4) is 0 Å². The minimum Gasteiger partial charge on any atom is -0.381 e. The van der Waals surface area contributed by atoms with Crippen LogP contribution in [0, 0.1) is 0 Å². The summed E-state index contributed by atoms with van der Waals surface area (Å²) in [6.45, 7) is 2.20. The molecule has 8 nitrogen and oxygen atoms in total. The van der Waals surface area contributed by atoms with E-state index >= 15 is 0 Å². The number of anilines is 1. The number of nitrogens with one attached hydrogen (secondary N) is 3. The van der Waals surface area contributed by atoms with Crippen LogP contribution in [0.2, 0.25) is 0 Å². The van der Waals surface area contributed by atoms with E-state index in [-0.39, 0.29) is 18.7 Å². The molecule has 1 saturated heterocycles. The summed E-state index contributed by atoms with van der Waals surface area (Å²) in [4.78, 5) is 50.8. The average Bonchev–Trinajstić information content (AvgIpc) is 3.03. The Morgan fingerprint density at radius 3 is 2.71 bits per heavy atom. The molecule has 4 amide bonds. The maximum atomic E-state index is 13.2. The highest BCUT2D eigenvalue weighted by atomic mass is 16.2. The van der Waals surface area contributed by atoms with E-state index in [2.05, 4.69) is 28.1 Å². The van der Waals surface area contributed by atoms with E-state index in [1.807, 2.05) is 12.1 Å². The number of carbonyl (C=O) groups is 4. The Labute approximate surface area is 179 Å². The van der Waals surface area contributed by atoms with Gasteiger partial charge in [-0.1, -0.05) is 18.2 Å². The average molecular weight is 418 g/mol. The van der Waals surface area contributed by atoms with Gasteiger partial charge in [0.2, 0.25) is 11.8 Å². The van der Waals surface area contributed by atoms with Crippen LogP contribution < -0.4 is 16.0 Å². The molecule has 5 rings (SSSR count). The number of fused-ring (bicyclic) bond motifs is 2. The van der Waals surface area contributed by atoms with Gasteiger partial charge in [-0.3, -0.25) is 29.4 Å². The van der Waals surface area contributed by atoms with Gasteiger partial charge in [0.05, 0.1) is 11.1 Å². The van der Waals surface area contributed by atoms with Crippen LogP contribution in [0.15, 0.2) is 36.4 Å². The largest absolute Gasteiger partial charge is 0.381 e. The monoisotopic (exact) mass is 418 g/mol. The fourth-order valence-corrected chi connectivity index (χ4v) is 4.52. The number of carbonyl (C=O) groups excluding carboxylic acids is 4. The first-order valence-electron chi connectivity index (χ1n) is 10.4. The molecule has 1 unspecified atom stereocenters. The highest BCUT2D eigenvalue weighted by Crippen LogP contribution is 2.30. The Morgan fingerprint density at radius 1 is 1.00 bits per heavy atom. The van der Waals surface area contributed by atoms with Gasteiger partial charge >= 0.3 is 0 Å². The topological polar surface area (TPSA) is 108 Å². The van der Waals surface area contributed by atoms with Crippen molar-refractivity contribution in [1.82, 2.24) is 15.5 Å². The molecule has 0 bridgehead atoms. The van der Waals surface area contributed by atoms with Crippen LogP contribution in [0.3, 0.4) is 0 Å². The molecule has 1 atom stereocenters. The molecule has 0 aliphatic carbocycles. The van der Waals surface area contributed by atoms with Gasteiger partial charge in [0, 0.05) is 25.2 Å². The Bertz CT molecular complexity index is 1130. The second-order valence-electron chi connectivity index (χ2n) is 8.05. The zero-order valence-corrected chi connectivity index (χ0v) is 16.9. The molecule has 3 aliphatic rings. The third kappa shape index (κ3) is 3.38. The first kappa shape index (κ1) is 19.4. The summed E-state index contributed by atoms with van der Waals surface area (Å²) < 4.78 is 0. The minimum absolute atomic E-state index is 0.103. The normalized spacial score (nSPS) is 20.4. The lowest BCUT2D eigenvalue weighted by molar-refractivity contribution is -0.136. The third-order valence-corrected chi connectivity index (χ3v) is 6.13. The van der Waals surface area contributed by atoms with Crippen molar-refractivity contribution in [2.24, 2.45) is 0 Å². The zero-order chi connectivity index (χ0) is 21.5. The fraction of sp³-hybridized carbons (Fsp3) is 0.304. The lowest BCUT2D eigenvalue weighted by Gasteiger charge is -2.27. The Balaban J connectivity index is 1.38. The maximum Gasteiger partial charge on any atom is 0.262 e. The number of rotatable bonds is 4. The summed E-state index contributed by atoms with van der Waals surface area (Å²) in [6, 6.07) is 10.4. The molecule has 0 saturated carbocycles. The molecular weight excluding hydrogens is 396 g/mol. The van der Waals surface area contributed by atoms with Crippen LogP contribution >= 0.6 is 0 Å². The first-order chi connectivity index (χ1) is 15.0. The van der Waals surface area contributed by atoms with E-state index in [9.17, 15) is 19.2 Å². The summed E-state index contributed by atoms with van der Waals surface area (Å²) in [5.41, 5.74) is 4.87. The number of benzene rings is 2. The van der Waals surface area contributed by atoms with Crippen molar-refractivity contribution in [1.29, 1.82) is 0 Å². The predicted octanol–water partition coefficient (Wildman–Crippen LogP) is 1.35. The highest BCUT2D eigenvalue weighted by Gasteiger charge is 2.45. The van der Waals surface area contributed by atoms with Gasteiger partial charge in [0.15, 0.2) is 0 Å². The standard InChI is InChI=1S/C23H22N4O4/c28-19-7-6-18(21(29)26-19)27-22(30)17-3-1-2-15(20(17)23(27)31)12-25-16-5-4-14-11-24-9-8-13(14)10-16/h1-5,10,18,24-25H,6-9,11-12H2,(H,26,28,29). The van der Waals surface area contributed by atoms with Crippen molar-refractivity contribution in [3.63, 3.8) is 0 Å². The summed E-state index contributed by atoms with van der Waals surface area (Å²) in [5.74, 6) is -1.96. The molecule has 1 fully saturated rings. The number of imide groups is 2. The van der Waals surface area contributed by atoms with E-state index in [0.717, 1.165) is 30.1 Å². The first-order valence-corrected chi connectivity index (χ1v) is 10.4. The van der Waals surface area contributed by atoms with Gasteiger partial charge in [0.25, 0.3) is 11.8 Å². The second-order valence-corrected chi connectivity index (χ2v) is 8.05. The van der Waals surface area contributed by atoms with Crippen molar-refractivity contribution in [2.45, 2.75) is 38.4 Å².